The highest BCUT2D eigenvalue weighted by molar-refractivity contribution is 6.00. The van der Waals surface area contributed by atoms with E-state index in [1.165, 1.54) is 13.2 Å². The number of ether oxygens (including phenoxy) is 1. The summed E-state index contributed by atoms with van der Waals surface area (Å²) in [5, 5.41) is 9.94. The van der Waals surface area contributed by atoms with Gasteiger partial charge in [-0.25, -0.2) is 0 Å². The van der Waals surface area contributed by atoms with Crippen LogP contribution in [-0.2, 0) is 5.41 Å². The molecule has 0 heterocycles. The van der Waals surface area contributed by atoms with Gasteiger partial charge < -0.3 is 15.6 Å². The first-order chi connectivity index (χ1) is 7.81. The van der Waals surface area contributed by atoms with Crippen molar-refractivity contribution in [1.29, 1.82) is 0 Å². The van der Waals surface area contributed by atoms with E-state index in [1.807, 2.05) is 20.8 Å². The molecule has 1 rings (SSSR count). The molecule has 0 aliphatic heterocycles. The summed E-state index contributed by atoms with van der Waals surface area (Å²) in [5.74, 6) is 0.288. The van der Waals surface area contributed by atoms with Gasteiger partial charge in [-0.05, 0) is 17.5 Å². The van der Waals surface area contributed by atoms with Crippen LogP contribution in [0.15, 0.2) is 12.1 Å². The summed E-state index contributed by atoms with van der Waals surface area (Å²) >= 11 is 0. The minimum atomic E-state index is -0.252. The van der Waals surface area contributed by atoms with E-state index in [4.69, 9.17) is 10.5 Å². The highest BCUT2D eigenvalue weighted by Crippen LogP contribution is 2.36. The molecule has 0 spiro atoms. The summed E-state index contributed by atoms with van der Waals surface area (Å²) in [6, 6.07) is 3.12. The van der Waals surface area contributed by atoms with Gasteiger partial charge in [-0.2, -0.15) is 0 Å². The summed E-state index contributed by atoms with van der Waals surface area (Å²) in [7, 11) is 1.49. The topological polar surface area (TPSA) is 72.5 Å². The standard InChI is InChI=1S/C13H19NO3/c1-13(2,3)9-6-12(17-4)8(5-10(9)15)11(16)7-14/h5-6,15H,7,14H2,1-4H3. The second-order valence-corrected chi connectivity index (χ2v) is 4.95. The Balaban J connectivity index is 3.40. The summed E-state index contributed by atoms with van der Waals surface area (Å²) in [6.45, 7) is 5.83. The molecule has 0 aliphatic rings. The van der Waals surface area contributed by atoms with Crippen molar-refractivity contribution < 1.29 is 14.6 Å². The normalized spacial score (nSPS) is 11.4. The molecule has 94 valence electrons. The van der Waals surface area contributed by atoms with Crippen LogP contribution in [-0.4, -0.2) is 24.5 Å². The largest absolute Gasteiger partial charge is 0.508 e. The Kier molecular flexibility index (Phi) is 3.78. The lowest BCUT2D eigenvalue weighted by Crippen LogP contribution is -2.16. The van der Waals surface area contributed by atoms with Gasteiger partial charge in [-0.15, -0.1) is 0 Å². The first kappa shape index (κ1) is 13.5. The van der Waals surface area contributed by atoms with Gasteiger partial charge in [0.2, 0.25) is 0 Å². The maximum absolute atomic E-state index is 11.6. The van der Waals surface area contributed by atoms with Crippen LogP contribution in [0, 0.1) is 0 Å². The highest BCUT2D eigenvalue weighted by atomic mass is 16.5. The molecular formula is C13H19NO3. The highest BCUT2D eigenvalue weighted by Gasteiger charge is 2.22. The maximum atomic E-state index is 11.6. The molecular weight excluding hydrogens is 218 g/mol. The molecule has 1 aromatic rings. The number of ketones is 1. The molecule has 17 heavy (non-hydrogen) atoms. The van der Waals surface area contributed by atoms with Crippen molar-refractivity contribution in [2.45, 2.75) is 26.2 Å². The van der Waals surface area contributed by atoms with Crippen molar-refractivity contribution in [3.63, 3.8) is 0 Å². The monoisotopic (exact) mass is 237 g/mol. The van der Waals surface area contributed by atoms with Gasteiger partial charge >= 0.3 is 0 Å². The fourth-order valence-corrected chi connectivity index (χ4v) is 1.67. The van der Waals surface area contributed by atoms with Crippen molar-refractivity contribution >= 4 is 5.78 Å². The molecule has 4 nitrogen and oxygen atoms in total. The summed E-state index contributed by atoms with van der Waals surface area (Å²) in [4.78, 5) is 11.6. The summed E-state index contributed by atoms with van der Waals surface area (Å²) in [6.07, 6.45) is 0. The second-order valence-electron chi connectivity index (χ2n) is 4.95. The van der Waals surface area contributed by atoms with Crippen LogP contribution in [0.5, 0.6) is 11.5 Å². The number of hydrogen-bond donors (Lipinski definition) is 2. The molecule has 1 aromatic carbocycles. The molecule has 3 N–H and O–H groups in total. The summed E-state index contributed by atoms with van der Waals surface area (Å²) in [5.41, 5.74) is 6.15. The van der Waals surface area contributed by atoms with Crippen LogP contribution < -0.4 is 10.5 Å². The molecule has 0 bridgehead atoms. The zero-order valence-electron chi connectivity index (χ0n) is 10.7. The number of phenols is 1. The van der Waals surface area contributed by atoms with Crippen LogP contribution in [0.2, 0.25) is 0 Å². The van der Waals surface area contributed by atoms with E-state index in [-0.39, 0.29) is 23.5 Å². The smallest absolute Gasteiger partial charge is 0.180 e. The van der Waals surface area contributed by atoms with E-state index in [2.05, 4.69) is 0 Å². The third kappa shape index (κ3) is 2.77. The first-order valence-electron chi connectivity index (χ1n) is 5.46. The minimum Gasteiger partial charge on any atom is -0.508 e. The van der Waals surface area contributed by atoms with Crippen molar-refractivity contribution in [2.75, 3.05) is 13.7 Å². The van der Waals surface area contributed by atoms with Crippen LogP contribution in [0.1, 0.15) is 36.7 Å². The van der Waals surface area contributed by atoms with Crippen LogP contribution in [0.4, 0.5) is 0 Å². The number of benzene rings is 1. The van der Waals surface area contributed by atoms with E-state index < -0.39 is 0 Å². The van der Waals surface area contributed by atoms with Crippen LogP contribution >= 0.6 is 0 Å². The van der Waals surface area contributed by atoms with Gasteiger partial charge in [0, 0.05) is 5.56 Å². The van der Waals surface area contributed by atoms with Gasteiger partial charge in [-0.1, -0.05) is 20.8 Å². The maximum Gasteiger partial charge on any atom is 0.180 e. The number of carbonyl (C=O) groups excluding carboxylic acids is 1. The number of Topliss-reactive ketones (excluding diaryl/α,β-unsaturated/α-hetero) is 1. The molecule has 4 heteroatoms. The molecule has 0 amide bonds. The van der Waals surface area contributed by atoms with Gasteiger partial charge in [0.15, 0.2) is 5.78 Å². The van der Waals surface area contributed by atoms with E-state index in [0.29, 0.717) is 11.3 Å². The molecule has 0 unspecified atom stereocenters. The van der Waals surface area contributed by atoms with Gasteiger partial charge in [0.25, 0.3) is 0 Å². The number of nitrogens with two attached hydrogens (primary N) is 1. The number of methoxy groups -OCH3 is 1. The van der Waals surface area contributed by atoms with Crippen molar-refractivity contribution in [2.24, 2.45) is 5.73 Å². The lowest BCUT2D eigenvalue weighted by molar-refractivity contribution is 0.0998. The third-order valence-corrected chi connectivity index (χ3v) is 2.61. The third-order valence-electron chi connectivity index (χ3n) is 2.61. The Morgan fingerprint density at radius 2 is 2.00 bits per heavy atom. The SMILES string of the molecule is COc1cc(C(C)(C)C)c(O)cc1C(=O)CN. The molecule has 0 aliphatic carbocycles. The predicted molar refractivity (Wildman–Crippen MR) is 66.7 cm³/mol. The number of hydrogen-bond acceptors (Lipinski definition) is 4. The fraction of sp³-hybridized carbons (Fsp3) is 0.462. The molecule has 0 atom stereocenters. The van der Waals surface area contributed by atoms with Crippen molar-refractivity contribution in [3.05, 3.63) is 23.3 Å². The Hall–Kier alpha value is -1.55. The molecule has 0 saturated carbocycles. The zero-order valence-corrected chi connectivity index (χ0v) is 10.7. The zero-order chi connectivity index (χ0) is 13.2. The van der Waals surface area contributed by atoms with Crippen molar-refractivity contribution in [3.8, 4) is 11.5 Å². The van der Waals surface area contributed by atoms with Crippen molar-refractivity contribution in [1.82, 2.24) is 0 Å². The molecule has 0 fully saturated rings. The quantitative estimate of drug-likeness (QED) is 0.787. The number of phenolic OH excluding ortho intramolecular Hbond substituents is 1. The average molecular weight is 237 g/mol. The van der Waals surface area contributed by atoms with E-state index in [0.717, 1.165) is 5.56 Å². The first-order valence-corrected chi connectivity index (χ1v) is 5.46. The van der Waals surface area contributed by atoms with Gasteiger partial charge in [-0.3, -0.25) is 4.79 Å². The minimum absolute atomic E-state index is 0.0927. The van der Waals surface area contributed by atoms with E-state index >= 15 is 0 Å². The Morgan fingerprint density at radius 3 is 2.41 bits per heavy atom. The number of carbonyl (C=O) groups is 1. The predicted octanol–water partition coefficient (Wildman–Crippen LogP) is 1.84. The second kappa shape index (κ2) is 4.75. The lowest BCUT2D eigenvalue weighted by Gasteiger charge is -2.22. The average Bonchev–Trinajstić information content (AvgIpc) is 2.26. The Bertz CT molecular complexity index is 433. The number of rotatable bonds is 3. The summed E-state index contributed by atoms with van der Waals surface area (Å²) < 4.78 is 5.17. The van der Waals surface area contributed by atoms with Crippen LogP contribution in [0.25, 0.3) is 0 Å². The lowest BCUT2D eigenvalue weighted by atomic mass is 9.85. The van der Waals surface area contributed by atoms with Crippen LogP contribution in [0.3, 0.4) is 0 Å². The Labute approximate surface area is 101 Å². The van der Waals surface area contributed by atoms with Gasteiger partial charge in [0.1, 0.15) is 11.5 Å². The molecule has 0 aromatic heterocycles. The Morgan fingerprint density at radius 1 is 1.41 bits per heavy atom. The number of aromatic hydroxyl groups is 1. The fourth-order valence-electron chi connectivity index (χ4n) is 1.67. The molecule has 0 radical (unpaired) electrons. The molecule has 0 saturated heterocycles. The van der Waals surface area contributed by atoms with E-state index in [9.17, 15) is 9.90 Å². The van der Waals surface area contributed by atoms with E-state index in [1.54, 1.807) is 6.07 Å². The van der Waals surface area contributed by atoms with Gasteiger partial charge in [0.05, 0.1) is 19.2 Å².